The van der Waals surface area contributed by atoms with Gasteiger partial charge in [-0.3, -0.25) is 0 Å². The molecule has 30 heavy (non-hydrogen) atoms. The van der Waals surface area contributed by atoms with Crippen molar-refractivity contribution < 1.29 is 0 Å². The molecule has 0 saturated carbocycles. The first-order valence-electron chi connectivity index (χ1n) is 11.5. The monoisotopic (exact) mass is 396 g/mol. The van der Waals surface area contributed by atoms with E-state index in [1.165, 1.54) is 48.3 Å². The van der Waals surface area contributed by atoms with E-state index in [-0.39, 0.29) is 5.41 Å². The fraction of sp³-hybridized carbons (Fsp3) is 0.357. The summed E-state index contributed by atoms with van der Waals surface area (Å²) in [6, 6.07) is 10.7. The van der Waals surface area contributed by atoms with Crippen molar-refractivity contribution in [2.75, 3.05) is 11.4 Å². The molecule has 5 rings (SSSR count). The first-order valence-corrected chi connectivity index (χ1v) is 11.5. The van der Waals surface area contributed by atoms with Crippen molar-refractivity contribution in [2.45, 2.75) is 45.4 Å². The summed E-state index contributed by atoms with van der Waals surface area (Å²) in [5.74, 6) is 0.482. The van der Waals surface area contributed by atoms with Crippen molar-refractivity contribution >= 4 is 5.69 Å². The standard InChI is InChI=1S/C28H32N2/c1-22-20-30(25-13-7-3-8-14-25)27-16-15-23(19-26(22)27)28(17-9-4-10-18-28)21-29-24-11-5-2-6-12-24/h3-4,7-11,13-17,20,26,29H,2,5-6,12,18-19,21H2,1H3. The van der Waals surface area contributed by atoms with Crippen molar-refractivity contribution in [1.82, 2.24) is 5.32 Å². The molecule has 0 bridgehead atoms. The average molecular weight is 397 g/mol. The first-order chi connectivity index (χ1) is 14.8. The van der Waals surface area contributed by atoms with Gasteiger partial charge in [-0.15, -0.1) is 0 Å². The van der Waals surface area contributed by atoms with Crippen LogP contribution in [-0.4, -0.2) is 6.54 Å². The van der Waals surface area contributed by atoms with Gasteiger partial charge >= 0.3 is 0 Å². The molecule has 2 atom stereocenters. The zero-order valence-electron chi connectivity index (χ0n) is 18.0. The van der Waals surface area contributed by atoms with Gasteiger partial charge in [0.25, 0.3) is 0 Å². The van der Waals surface area contributed by atoms with Crippen molar-refractivity contribution in [2.24, 2.45) is 11.3 Å². The second-order valence-corrected chi connectivity index (χ2v) is 9.10. The van der Waals surface area contributed by atoms with E-state index in [1.54, 1.807) is 5.57 Å². The molecule has 0 fully saturated rings. The topological polar surface area (TPSA) is 15.3 Å². The second kappa shape index (κ2) is 8.18. The van der Waals surface area contributed by atoms with Crippen LogP contribution >= 0.6 is 0 Å². The highest BCUT2D eigenvalue weighted by molar-refractivity contribution is 5.62. The Labute approximate surface area is 181 Å². The Kier molecular flexibility index (Phi) is 5.25. The number of nitrogens with one attached hydrogen (secondary N) is 1. The molecule has 1 aromatic carbocycles. The Morgan fingerprint density at radius 2 is 2.00 bits per heavy atom. The van der Waals surface area contributed by atoms with Gasteiger partial charge in [-0.05, 0) is 69.2 Å². The van der Waals surface area contributed by atoms with E-state index in [4.69, 9.17) is 0 Å². The molecule has 1 aliphatic heterocycles. The number of allylic oxidation sites excluding steroid dienone is 8. The SMILES string of the molecule is CC1=CN(c2ccccc2)C2=CC=C(C3(CNC4=CCCCC4)C=CC=CC3)CC12. The highest BCUT2D eigenvalue weighted by Crippen LogP contribution is 2.47. The number of anilines is 1. The molecule has 3 aliphatic carbocycles. The summed E-state index contributed by atoms with van der Waals surface area (Å²) in [6.07, 6.45) is 26.0. The van der Waals surface area contributed by atoms with Crippen LogP contribution in [0.5, 0.6) is 0 Å². The van der Waals surface area contributed by atoms with Crippen molar-refractivity contribution in [3.05, 3.63) is 102 Å². The quantitative estimate of drug-likeness (QED) is 0.589. The predicted molar refractivity (Wildman–Crippen MR) is 127 cm³/mol. The Morgan fingerprint density at radius 3 is 2.77 bits per heavy atom. The lowest BCUT2D eigenvalue weighted by Gasteiger charge is -2.38. The molecule has 2 unspecified atom stereocenters. The van der Waals surface area contributed by atoms with E-state index in [1.807, 2.05) is 0 Å². The second-order valence-electron chi connectivity index (χ2n) is 9.10. The van der Waals surface area contributed by atoms with Gasteiger partial charge in [0.1, 0.15) is 0 Å². The molecule has 0 amide bonds. The van der Waals surface area contributed by atoms with E-state index in [0.29, 0.717) is 5.92 Å². The molecule has 0 saturated heterocycles. The Bertz CT molecular complexity index is 973. The predicted octanol–water partition coefficient (Wildman–Crippen LogP) is 6.79. The molecule has 1 heterocycles. The molecular formula is C28H32N2. The summed E-state index contributed by atoms with van der Waals surface area (Å²) in [6.45, 7) is 3.28. The number of nitrogens with zero attached hydrogens (tertiary/aromatic N) is 1. The lowest BCUT2D eigenvalue weighted by atomic mass is 9.69. The minimum absolute atomic E-state index is 0.0789. The van der Waals surface area contributed by atoms with Gasteiger partial charge in [-0.1, -0.05) is 60.2 Å². The zero-order valence-corrected chi connectivity index (χ0v) is 18.0. The number of rotatable bonds is 5. The van der Waals surface area contributed by atoms with Gasteiger partial charge in [-0.2, -0.15) is 0 Å². The smallest absolute Gasteiger partial charge is 0.0452 e. The zero-order chi connectivity index (χ0) is 20.4. The maximum atomic E-state index is 3.82. The van der Waals surface area contributed by atoms with Gasteiger partial charge in [0.2, 0.25) is 0 Å². The van der Waals surface area contributed by atoms with Crippen LogP contribution in [0, 0.1) is 11.3 Å². The van der Waals surface area contributed by atoms with Crippen LogP contribution in [0.4, 0.5) is 5.69 Å². The lowest BCUT2D eigenvalue weighted by Crippen LogP contribution is -2.36. The molecule has 2 nitrogen and oxygen atoms in total. The molecule has 4 aliphatic rings. The maximum absolute atomic E-state index is 3.82. The number of fused-ring (bicyclic) bond motifs is 1. The third-order valence-electron chi connectivity index (χ3n) is 7.14. The number of hydrogen-bond acceptors (Lipinski definition) is 2. The summed E-state index contributed by atoms with van der Waals surface area (Å²) in [7, 11) is 0. The summed E-state index contributed by atoms with van der Waals surface area (Å²) in [4.78, 5) is 2.38. The Hall–Kier alpha value is -2.74. The Morgan fingerprint density at radius 1 is 1.10 bits per heavy atom. The van der Waals surface area contributed by atoms with Crippen molar-refractivity contribution in [3.8, 4) is 0 Å². The minimum Gasteiger partial charge on any atom is -0.387 e. The summed E-state index contributed by atoms with van der Waals surface area (Å²) >= 11 is 0. The third-order valence-corrected chi connectivity index (χ3v) is 7.14. The molecule has 1 N–H and O–H groups in total. The fourth-order valence-corrected chi connectivity index (χ4v) is 5.30. The third kappa shape index (κ3) is 3.60. The number of hydrogen-bond donors (Lipinski definition) is 1. The van der Waals surface area contributed by atoms with E-state index >= 15 is 0 Å². The first kappa shape index (κ1) is 19.2. The van der Waals surface area contributed by atoms with Gasteiger partial charge in [-0.25, -0.2) is 0 Å². The largest absolute Gasteiger partial charge is 0.387 e. The van der Waals surface area contributed by atoms with Gasteiger partial charge in [0.05, 0.1) is 0 Å². The molecule has 154 valence electrons. The number of para-hydroxylation sites is 1. The van der Waals surface area contributed by atoms with E-state index < -0.39 is 0 Å². The summed E-state index contributed by atoms with van der Waals surface area (Å²) < 4.78 is 0. The van der Waals surface area contributed by atoms with Crippen LogP contribution in [0.15, 0.2) is 102 Å². The molecule has 1 aromatic rings. The van der Waals surface area contributed by atoms with Gasteiger partial charge in [0.15, 0.2) is 0 Å². The van der Waals surface area contributed by atoms with E-state index in [2.05, 4.69) is 96.2 Å². The normalized spacial score (nSPS) is 27.8. The minimum atomic E-state index is 0.0789. The number of benzene rings is 1. The van der Waals surface area contributed by atoms with Gasteiger partial charge in [0, 0.05) is 41.2 Å². The lowest BCUT2D eigenvalue weighted by molar-refractivity contribution is 0.407. The van der Waals surface area contributed by atoms with E-state index in [0.717, 1.165) is 19.4 Å². The highest BCUT2D eigenvalue weighted by atomic mass is 15.2. The van der Waals surface area contributed by atoms with Gasteiger partial charge < -0.3 is 10.2 Å². The average Bonchev–Trinajstić information content (AvgIpc) is 3.15. The van der Waals surface area contributed by atoms with Crippen LogP contribution in [0.25, 0.3) is 0 Å². The molecule has 0 spiro atoms. The summed E-state index contributed by atoms with van der Waals surface area (Å²) in [5, 5.41) is 3.82. The Balaban J connectivity index is 1.42. The maximum Gasteiger partial charge on any atom is 0.0452 e. The summed E-state index contributed by atoms with van der Waals surface area (Å²) in [5.41, 5.74) is 7.21. The van der Waals surface area contributed by atoms with Crippen LogP contribution in [0.2, 0.25) is 0 Å². The molecular weight excluding hydrogens is 364 g/mol. The van der Waals surface area contributed by atoms with Crippen molar-refractivity contribution in [3.63, 3.8) is 0 Å². The molecule has 0 aromatic heterocycles. The molecule has 2 heteroatoms. The van der Waals surface area contributed by atoms with Crippen molar-refractivity contribution in [1.29, 1.82) is 0 Å². The van der Waals surface area contributed by atoms with Crippen LogP contribution < -0.4 is 10.2 Å². The highest BCUT2D eigenvalue weighted by Gasteiger charge is 2.38. The van der Waals surface area contributed by atoms with Crippen LogP contribution in [0.1, 0.15) is 45.4 Å². The fourth-order valence-electron chi connectivity index (χ4n) is 5.30. The molecule has 0 radical (unpaired) electrons. The van der Waals surface area contributed by atoms with Crippen LogP contribution in [0.3, 0.4) is 0 Å². The van der Waals surface area contributed by atoms with Crippen LogP contribution in [-0.2, 0) is 0 Å². The van der Waals surface area contributed by atoms with E-state index in [9.17, 15) is 0 Å².